The van der Waals surface area contributed by atoms with E-state index in [0.29, 0.717) is 6.54 Å². The van der Waals surface area contributed by atoms with Crippen LogP contribution in [0, 0.1) is 0 Å². The molecule has 1 N–H and O–H groups in total. The van der Waals surface area contributed by atoms with E-state index in [4.69, 9.17) is 0 Å². The first kappa shape index (κ1) is 12.0. The number of aromatic nitrogens is 1. The minimum atomic E-state index is -0.00294. The smallest absolute Gasteiger partial charge is 0.239 e. The van der Waals surface area contributed by atoms with Crippen LogP contribution in [0.5, 0.6) is 0 Å². The molecular weight excluding hydrogens is 258 g/mol. The van der Waals surface area contributed by atoms with Gasteiger partial charge in [0.1, 0.15) is 0 Å². The van der Waals surface area contributed by atoms with Gasteiger partial charge in [-0.25, -0.2) is 0 Å². The molecule has 15 heavy (non-hydrogen) atoms. The molecule has 0 unspecified atom stereocenters. The maximum Gasteiger partial charge on any atom is 0.239 e. The highest BCUT2D eigenvalue weighted by Gasteiger charge is 2.08. The van der Waals surface area contributed by atoms with Crippen molar-refractivity contribution < 1.29 is 4.79 Å². The van der Waals surface area contributed by atoms with Crippen molar-refractivity contribution in [2.45, 2.75) is 6.92 Å². The van der Waals surface area contributed by atoms with Crippen LogP contribution in [-0.2, 0) is 4.79 Å². The number of nitrogens with one attached hydrogen (secondary N) is 1. The molecule has 5 heteroatoms. The number of amides is 1. The van der Waals surface area contributed by atoms with E-state index in [9.17, 15) is 4.79 Å². The number of rotatable bonds is 4. The third-order valence-electron chi connectivity index (χ3n) is 2.05. The van der Waals surface area contributed by atoms with Crippen molar-refractivity contribution in [1.29, 1.82) is 0 Å². The number of carbonyl (C=O) groups excluding carboxylic acids is 1. The number of pyridine rings is 1. The Morgan fingerprint density at radius 1 is 1.60 bits per heavy atom. The van der Waals surface area contributed by atoms with Crippen molar-refractivity contribution in [3.05, 3.63) is 22.9 Å². The van der Waals surface area contributed by atoms with Crippen LogP contribution in [0.3, 0.4) is 0 Å². The lowest BCUT2D eigenvalue weighted by Crippen LogP contribution is -2.35. The van der Waals surface area contributed by atoms with Crippen molar-refractivity contribution in [2.24, 2.45) is 0 Å². The molecule has 4 nitrogen and oxygen atoms in total. The van der Waals surface area contributed by atoms with E-state index in [0.717, 1.165) is 16.7 Å². The molecule has 0 aliphatic carbocycles. The highest BCUT2D eigenvalue weighted by atomic mass is 79.9. The number of anilines is 1. The quantitative estimate of drug-likeness (QED) is 0.901. The predicted molar refractivity (Wildman–Crippen MR) is 63.9 cm³/mol. The summed E-state index contributed by atoms with van der Waals surface area (Å²) in [6.07, 6.45) is 3.47. The first-order valence-electron chi connectivity index (χ1n) is 4.73. The fourth-order valence-electron chi connectivity index (χ4n) is 1.21. The zero-order valence-corrected chi connectivity index (χ0v) is 10.4. The Kier molecular flexibility index (Phi) is 4.55. The Balaban J connectivity index is 2.78. The maximum absolute atomic E-state index is 11.3. The number of hydrogen-bond acceptors (Lipinski definition) is 3. The van der Waals surface area contributed by atoms with Crippen LogP contribution < -0.4 is 10.2 Å². The highest BCUT2D eigenvalue weighted by molar-refractivity contribution is 9.10. The monoisotopic (exact) mass is 271 g/mol. The van der Waals surface area contributed by atoms with E-state index in [1.807, 2.05) is 17.9 Å². The standard InChI is InChI=1S/C10H14BrN3O/c1-3-14(7-10(15)12-2)9-4-8(11)5-13-6-9/h4-6H,3,7H2,1-2H3,(H,12,15). The normalized spacial score (nSPS) is 9.80. The van der Waals surface area contributed by atoms with E-state index < -0.39 is 0 Å². The molecule has 1 rings (SSSR count). The second-order valence-electron chi connectivity index (χ2n) is 3.05. The summed E-state index contributed by atoms with van der Waals surface area (Å²) >= 11 is 3.35. The van der Waals surface area contributed by atoms with E-state index >= 15 is 0 Å². The summed E-state index contributed by atoms with van der Waals surface area (Å²) in [5.41, 5.74) is 0.940. The van der Waals surface area contributed by atoms with Gasteiger partial charge >= 0.3 is 0 Å². The average molecular weight is 272 g/mol. The SMILES string of the molecule is CCN(CC(=O)NC)c1cncc(Br)c1. The van der Waals surface area contributed by atoms with Gasteiger partial charge in [-0.3, -0.25) is 9.78 Å². The molecule has 0 radical (unpaired) electrons. The Bertz CT molecular complexity index is 343. The number of nitrogens with zero attached hydrogens (tertiary/aromatic N) is 2. The van der Waals surface area contributed by atoms with Gasteiger partial charge in [-0.2, -0.15) is 0 Å². The topological polar surface area (TPSA) is 45.2 Å². The molecule has 1 heterocycles. The summed E-state index contributed by atoms with van der Waals surface area (Å²) in [6, 6.07) is 1.94. The summed E-state index contributed by atoms with van der Waals surface area (Å²) in [7, 11) is 1.63. The number of hydrogen-bond donors (Lipinski definition) is 1. The van der Waals surface area contributed by atoms with Gasteiger partial charge in [0.05, 0.1) is 18.4 Å². The fourth-order valence-corrected chi connectivity index (χ4v) is 1.56. The van der Waals surface area contributed by atoms with Crippen molar-refractivity contribution >= 4 is 27.5 Å². The van der Waals surface area contributed by atoms with Gasteiger partial charge in [-0.15, -0.1) is 0 Å². The largest absolute Gasteiger partial charge is 0.361 e. The molecule has 0 aliphatic heterocycles. The summed E-state index contributed by atoms with van der Waals surface area (Å²) in [5, 5.41) is 2.60. The molecule has 1 aromatic rings. The third kappa shape index (κ3) is 3.51. The number of halogens is 1. The minimum absolute atomic E-state index is 0.00294. The van der Waals surface area contributed by atoms with Crippen molar-refractivity contribution in [2.75, 3.05) is 25.0 Å². The van der Waals surface area contributed by atoms with Gasteiger partial charge in [-0.05, 0) is 28.9 Å². The zero-order chi connectivity index (χ0) is 11.3. The maximum atomic E-state index is 11.3. The molecule has 0 saturated heterocycles. The zero-order valence-electron chi connectivity index (χ0n) is 8.83. The highest BCUT2D eigenvalue weighted by Crippen LogP contribution is 2.17. The van der Waals surface area contributed by atoms with Gasteiger partial charge in [-0.1, -0.05) is 0 Å². The summed E-state index contributed by atoms with van der Waals surface area (Å²) in [6.45, 7) is 3.13. The Morgan fingerprint density at radius 3 is 2.87 bits per heavy atom. The minimum Gasteiger partial charge on any atom is -0.361 e. The van der Waals surface area contributed by atoms with E-state index in [2.05, 4.69) is 26.2 Å². The molecule has 0 bridgehead atoms. The van der Waals surface area contributed by atoms with Crippen LogP contribution in [0.2, 0.25) is 0 Å². The van der Waals surface area contributed by atoms with Crippen LogP contribution in [0.25, 0.3) is 0 Å². The Morgan fingerprint density at radius 2 is 2.33 bits per heavy atom. The number of likely N-dealkylation sites (N-methyl/N-ethyl adjacent to an activating group) is 2. The molecule has 0 aromatic carbocycles. The van der Waals surface area contributed by atoms with Gasteiger partial charge < -0.3 is 10.2 Å². The van der Waals surface area contributed by atoms with Gasteiger partial charge in [0.2, 0.25) is 5.91 Å². The third-order valence-corrected chi connectivity index (χ3v) is 2.48. The first-order chi connectivity index (χ1) is 7.17. The first-order valence-corrected chi connectivity index (χ1v) is 5.52. The molecule has 0 fully saturated rings. The van der Waals surface area contributed by atoms with Crippen molar-refractivity contribution in [3.8, 4) is 0 Å². The van der Waals surface area contributed by atoms with Gasteiger partial charge in [0, 0.05) is 24.3 Å². The molecular formula is C10H14BrN3O. The van der Waals surface area contributed by atoms with Gasteiger partial charge in [0.25, 0.3) is 0 Å². The molecule has 82 valence electrons. The molecule has 0 saturated carbocycles. The van der Waals surface area contributed by atoms with Crippen LogP contribution in [0.4, 0.5) is 5.69 Å². The van der Waals surface area contributed by atoms with Crippen LogP contribution >= 0.6 is 15.9 Å². The van der Waals surface area contributed by atoms with Gasteiger partial charge in [0.15, 0.2) is 0 Å². The Hall–Kier alpha value is -1.10. The van der Waals surface area contributed by atoms with Crippen LogP contribution in [0.1, 0.15) is 6.92 Å². The lowest BCUT2D eigenvalue weighted by Gasteiger charge is -2.21. The summed E-state index contributed by atoms with van der Waals surface area (Å²) in [4.78, 5) is 17.3. The summed E-state index contributed by atoms with van der Waals surface area (Å²) in [5.74, 6) is -0.00294. The van der Waals surface area contributed by atoms with Crippen molar-refractivity contribution in [3.63, 3.8) is 0 Å². The average Bonchev–Trinajstić information content (AvgIpc) is 2.25. The van der Waals surface area contributed by atoms with Crippen LogP contribution in [0.15, 0.2) is 22.9 Å². The lowest BCUT2D eigenvalue weighted by molar-refractivity contribution is -0.119. The molecule has 0 spiro atoms. The molecule has 1 aromatic heterocycles. The predicted octanol–water partition coefficient (Wildman–Crippen LogP) is 1.42. The van der Waals surface area contributed by atoms with Crippen molar-refractivity contribution in [1.82, 2.24) is 10.3 Å². The Labute approximate surface area is 97.8 Å². The van der Waals surface area contributed by atoms with E-state index in [1.54, 1.807) is 19.4 Å². The summed E-state index contributed by atoms with van der Waals surface area (Å²) < 4.78 is 0.912. The molecule has 1 amide bonds. The molecule has 0 aliphatic rings. The van der Waals surface area contributed by atoms with E-state index in [1.165, 1.54) is 0 Å². The fraction of sp³-hybridized carbons (Fsp3) is 0.400. The second kappa shape index (κ2) is 5.70. The number of carbonyl (C=O) groups is 1. The lowest BCUT2D eigenvalue weighted by atomic mass is 10.3. The molecule has 0 atom stereocenters. The second-order valence-corrected chi connectivity index (χ2v) is 3.96. The van der Waals surface area contributed by atoms with E-state index in [-0.39, 0.29) is 5.91 Å². The van der Waals surface area contributed by atoms with Crippen LogP contribution in [-0.4, -0.2) is 31.0 Å².